The number of ether oxygens (including phenoxy) is 1. The van der Waals surface area contributed by atoms with Crippen molar-refractivity contribution < 1.29 is 13.5 Å². The van der Waals surface area contributed by atoms with E-state index in [-0.39, 0.29) is 6.61 Å². The summed E-state index contributed by atoms with van der Waals surface area (Å²) in [6, 6.07) is 16.1. The predicted octanol–water partition coefficient (Wildman–Crippen LogP) is 5.74. The first kappa shape index (κ1) is 16.5. The molecular weight excluding hydrogens is 358 g/mol. The van der Waals surface area contributed by atoms with Crippen LogP contribution in [0.5, 0.6) is 5.75 Å². The molecule has 130 valence electrons. The number of H-pyrrole nitrogens is 1. The molecule has 4 aromatic rings. The van der Waals surface area contributed by atoms with Crippen LogP contribution >= 0.6 is 11.6 Å². The number of fused-ring (bicyclic) bond motifs is 1. The van der Waals surface area contributed by atoms with Crippen molar-refractivity contribution in [2.24, 2.45) is 0 Å². The Kier molecular flexibility index (Phi) is 4.31. The highest BCUT2D eigenvalue weighted by Crippen LogP contribution is 2.32. The summed E-state index contributed by atoms with van der Waals surface area (Å²) in [6.45, 7) is 0.0174. The number of rotatable bonds is 4. The van der Waals surface area contributed by atoms with Crippen molar-refractivity contribution in [1.29, 1.82) is 0 Å². The van der Waals surface area contributed by atoms with Gasteiger partial charge in [0, 0.05) is 11.1 Å². The van der Waals surface area contributed by atoms with Crippen LogP contribution in [-0.4, -0.2) is 9.97 Å². The van der Waals surface area contributed by atoms with Crippen LogP contribution < -0.4 is 4.74 Å². The minimum Gasteiger partial charge on any atom is -0.488 e. The monoisotopic (exact) mass is 370 g/mol. The van der Waals surface area contributed by atoms with E-state index in [1.54, 1.807) is 18.2 Å². The Morgan fingerprint density at radius 1 is 0.962 bits per heavy atom. The molecule has 0 saturated carbocycles. The molecule has 0 aliphatic carbocycles. The molecule has 0 aliphatic heterocycles. The third kappa shape index (κ3) is 3.39. The third-order valence-electron chi connectivity index (χ3n) is 3.90. The quantitative estimate of drug-likeness (QED) is 0.497. The SMILES string of the molecule is Fc1cc(F)cc(COc2ccc(Cl)cc2-c2nc3ccccc3[nH]2)c1. The second-order valence-electron chi connectivity index (χ2n) is 5.81. The average molecular weight is 371 g/mol. The summed E-state index contributed by atoms with van der Waals surface area (Å²) >= 11 is 6.13. The first-order valence-electron chi connectivity index (χ1n) is 7.91. The van der Waals surface area contributed by atoms with Gasteiger partial charge in [-0.15, -0.1) is 0 Å². The van der Waals surface area contributed by atoms with Crippen LogP contribution in [0.2, 0.25) is 5.02 Å². The molecule has 3 nitrogen and oxygen atoms in total. The van der Waals surface area contributed by atoms with Gasteiger partial charge in [-0.1, -0.05) is 23.7 Å². The summed E-state index contributed by atoms with van der Waals surface area (Å²) in [5, 5.41) is 0.532. The fraction of sp³-hybridized carbons (Fsp3) is 0.0500. The lowest BCUT2D eigenvalue weighted by Gasteiger charge is -2.11. The highest BCUT2D eigenvalue weighted by molar-refractivity contribution is 6.30. The second kappa shape index (κ2) is 6.77. The molecule has 26 heavy (non-hydrogen) atoms. The van der Waals surface area contributed by atoms with E-state index in [4.69, 9.17) is 16.3 Å². The van der Waals surface area contributed by atoms with Crippen LogP contribution in [0.25, 0.3) is 22.4 Å². The molecule has 1 N–H and O–H groups in total. The standard InChI is InChI=1S/C20H13ClF2N2O/c21-13-5-6-19(26-11-12-7-14(22)10-15(23)8-12)16(9-13)20-24-17-3-1-2-4-18(17)25-20/h1-10H,11H2,(H,24,25). The van der Waals surface area contributed by atoms with E-state index in [0.717, 1.165) is 17.1 Å². The third-order valence-corrected chi connectivity index (χ3v) is 4.14. The van der Waals surface area contributed by atoms with E-state index in [1.807, 2.05) is 24.3 Å². The molecule has 6 heteroatoms. The summed E-state index contributed by atoms with van der Waals surface area (Å²) in [5.74, 6) is -0.165. The molecule has 4 rings (SSSR count). The fourth-order valence-electron chi connectivity index (χ4n) is 2.75. The van der Waals surface area contributed by atoms with Gasteiger partial charge in [0.05, 0.1) is 16.6 Å². The number of nitrogens with one attached hydrogen (secondary N) is 1. The number of hydrogen-bond donors (Lipinski definition) is 1. The lowest BCUT2D eigenvalue weighted by Crippen LogP contribution is -1.99. The minimum atomic E-state index is -0.641. The zero-order chi connectivity index (χ0) is 18.1. The van der Waals surface area contributed by atoms with Crippen molar-refractivity contribution in [2.75, 3.05) is 0 Å². The lowest BCUT2D eigenvalue weighted by molar-refractivity contribution is 0.306. The van der Waals surface area contributed by atoms with E-state index < -0.39 is 11.6 Å². The van der Waals surface area contributed by atoms with E-state index >= 15 is 0 Å². The first-order chi connectivity index (χ1) is 12.6. The van der Waals surface area contributed by atoms with Gasteiger partial charge in [0.15, 0.2) is 0 Å². The summed E-state index contributed by atoms with van der Waals surface area (Å²) in [7, 11) is 0. The molecule has 3 aromatic carbocycles. The predicted molar refractivity (Wildman–Crippen MR) is 97.2 cm³/mol. The molecule has 1 heterocycles. The Bertz CT molecular complexity index is 1040. The van der Waals surface area contributed by atoms with Crippen LogP contribution in [0.15, 0.2) is 60.7 Å². The molecule has 0 fully saturated rings. The molecule has 0 spiro atoms. The van der Waals surface area contributed by atoms with Crippen molar-refractivity contribution in [3.05, 3.63) is 82.9 Å². The van der Waals surface area contributed by atoms with Crippen LogP contribution in [0.3, 0.4) is 0 Å². The minimum absolute atomic E-state index is 0.0174. The molecule has 1 aromatic heterocycles. The van der Waals surface area contributed by atoms with Crippen molar-refractivity contribution in [3.8, 4) is 17.1 Å². The molecule has 0 radical (unpaired) electrons. The summed E-state index contributed by atoms with van der Waals surface area (Å²) < 4.78 is 32.5. The largest absolute Gasteiger partial charge is 0.488 e. The Hall–Kier alpha value is -2.92. The van der Waals surface area contributed by atoms with E-state index in [0.29, 0.717) is 27.7 Å². The molecule has 0 amide bonds. The van der Waals surface area contributed by atoms with Gasteiger partial charge in [-0.2, -0.15) is 0 Å². The smallest absolute Gasteiger partial charge is 0.142 e. The topological polar surface area (TPSA) is 37.9 Å². The first-order valence-corrected chi connectivity index (χ1v) is 8.29. The highest BCUT2D eigenvalue weighted by atomic mass is 35.5. The normalized spacial score (nSPS) is 11.0. The van der Waals surface area contributed by atoms with Crippen LogP contribution in [0, 0.1) is 11.6 Å². The summed E-state index contributed by atoms with van der Waals surface area (Å²) in [6.07, 6.45) is 0. The molecule has 0 bridgehead atoms. The molecule has 0 saturated heterocycles. The number of benzene rings is 3. The zero-order valence-electron chi connectivity index (χ0n) is 13.5. The van der Waals surface area contributed by atoms with Gasteiger partial charge in [0.25, 0.3) is 0 Å². The second-order valence-corrected chi connectivity index (χ2v) is 6.25. The fourth-order valence-corrected chi connectivity index (χ4v) is 2.92. The van der Waals surface area contributed by atoms with Crippen LogP contribution in [0.1, 0.15) is 5.56 Å². The Morgan fingerprint density at radius 2 is 1.73 bits per heavy atom. The number of imidazole rings is 1. The Labute approximate surface area is 153 Å². The number of hydrogen-bond acceptors (Lipinski definition) is 2. The molecule has 0 unspecified atom stereocenters. The van der Waals surface area contributed by atoms with Crippen molar-refractivity contribution in [3.63, 3.8) is 0 Å². The summed E-state index contributed by atoms with van der Waals surface area (Å²) in [5.41, 5.74) is 2.78. The maximum absolute atomic E-state index is 13.3. The maximum atomic E-state index is 13.3. The number of nitrogens with zero attached hydrogens (tertiary/aromatic N) is 1. The number of aromatic nitrogens is 2. The molecule has 0 atom stereocenters. The van der Waals surface area contributed by atoms with Crippen LogP contribution in [0.4, 0.5) is 8.78 Å². The lowest BCUT2D eigenvalue weighted by atomic mass is 10.2. The van der Waals surface area contributed by atoms with Gasteiger partial charge in [-0.05, 0) is 48.0 Å². The zero-order valence-corrected chi connectivity index (χ0v) is 14.2. The van der Waals surface area contributed by atoms with E-state index in [1.165, 1.54) is 12.1 Å². The van der Waals surface area contributed by atoms with E-state index in [9.17, 15) is 8.78 Å². The van der Waals surface area contributed by atoms with Gasteiger partial charge < -0.3 is 9.72 Å². The Balaban J connectivity index is 1.68. The number of para-hydroxylation sites is 2. The summed E-state index contributed by atoms with van der Waals surface area (Å²) in [4.78, 5) is 7.78. The van der Waals surface area contributed by atoms with Crippen molar-refractivity contribution in [2.45, 2.75) is 6.61 Å². The van der Waals surface area contributed by atoms with Gasteiger partial charge in [-0.3, -0.25) is 0 Å². The van der Waals surface area contributed by atoms with Gasteiger partial charge in [0.2, 0.25) is 0 Å². The Morgan fingerprint density at radius 3 is 2.50 bits per heavy atom. The maximum Gasteiger partial charge on any atom is 0.142 e. The molecular formula is C20H13ClF2N2O. The molecule has 0 aliphatic rings. The van der Waals surface area contributed by atoms with E-state index in [2.05, 4.69) is 9.97 Å². The number of aromatic amines is 1. The number of halogens is 3. The highest BCUT2D eigenvalue weighted by Gasteiger charge is 2.12. The van der Waals surface area contributed by atoms with Crippen molar-refractivity contribution >= 4 is 22.6 Å². The average Bonchev–Trinajstić information content (AvgIpc) is 3.04. The van der Waals surface area contributed by atoms with Gasteiger partial charge in [-0.25, -0.2) is 13.8 Å². The van der Waals surface area contributed by atoms with Gasteiger partial charge >= 0.3 is 0 Å². The van der Waals surface area contributed by atoms with Crippen molar-refractivity contribution in [1.82, 2.24) is 9.97 Å². The van der Waals surface area contributed by atoms with Crippen LogP contribution in [-0.2, 0) is 6.61 Å². The van der Waals surface area contributed by atoms with Gasteiger partial charge in [0.1, 0.15) is 29.8 Å².